The molecule has 3 nitrogen and oxygen atoms in total. The molecule has 1 atom stereocenters. The quantitative estimate of drug-likeness (QED) is 0.839. The number of hydrogen-bond acceptors (Lipinski definition) is 3. The first-order valence-electron chi connectivity index (χ1n) is 5.79. The van der Waals surface area contributed by atoms with Gasteiger partial charge < -0.3 is 10.5 Å². The van der Waals surface area contributed by atoms with E-state index in [1.54, 1.807) is 0 Å². The molecule has 0 saturated heterocycles. The standard InChI is InChI=1S/C13H18N2O/c1-10(6-7-14)11-2-4-12(5-3-11)13-15-8-9-16-13/h2-5,10H,6-9,14H2,1H3. The Labute approximate surface area is 96.3 Å². The number of aliphatic imine (C=N–C) groups is 1. The van der Waals surface area contributed by atoms with Crippen LogP contribution in [0.2, 0.25) is 0 Å². The van der Waals surface area contributed by atoms with Crippen LogP contribution in [0.25, 0.3) is 0 Å². The van der Waals surface area contributed by atoms with Gasteiger partial charge in [0, 0.05) is 5.56 Å². The van der Waals surface area contributed by atoms with Gasteiger partial charge in [0.25, 0.3) is 0 Å². The molecular formula is C13H18N2O. The Morgan fingerprint density at radius 1 is 1.38 bits per heavy atom. The minimum absolute atomic E-state index is 0.519. The normalized spacial score (nSPS) is 16.8. The summed E-state index contributed by atoms with van der Waals surface area (Å²) < 4.78 is 5.42. The fourth-order valence-corrected chi connectivity index (χ4v) is 1.88. The number of hydrogen-bond donors (Lipinski definition) is 1. The van der Waals surface area contributed by atoms with Crippen LogP contribution in [0, 0.1) is 0 Å². The van der Waals surface area contributed by atoms with Gasteiger partial charge in [0.1, 0.15) is 6.61 Å². The van der Waals surface area contributed by atoms with Crippen molar-refractivity contribution in [2.75, 3.05) is 19.7 Å². The molecule has 0 fully saturated rings. The van der Waals surface area contributed by atoms with Gasteiger partial charge in [-0.15, -0.1) is 0 Å². The number of benzene rings is 1. The summed E-state index contributed by atoms with van der Waals surface area (Å²) in [6.07, 6.45) is 1.02. The average molecular weight is 218 g/mol. The maximum absolute atomic E-state index is 5.56. The van der Waals surface area contributed by atoms with Gasteiger partial charge in [0.2, 0.25) is 5.90 Å². The van der Waals surface area contributed by atoms with Gasteiger partial charge in [-0.05, 0) is 36.6 Å². The summed E-state index contributed by atoms with van der Waals surface area (Å²) in [4.78, 5) is 4.29. The van der Waals surface area contributed by atoms with Gasteiger partial charge in [0.15, 0.2) is 0 Å². The summed E-state index contributed by atoms with van der Waals surface area (Å²) in [6.45, 7) is 4.42. The second-order valence-electron chi connectivity index (χ2n) is 4.14. The molecule has 86 valence electrons. The van der Waals surface area contributed by atoms with E-state index < -0.39 is 0 Å². The molecule has 0 aromatic heterocycles. The number of nitrogens with two attached hydrogens (primary N) is 1. The van der Waals surface area contributed by atoms with Crippen LogP contribution in [0.5, 0.6) is 0 Å². The summed E-state index contributed by atoms with van der Waals surface area (Å²) >= 11 is 0. The molecule has 3 heteroatoms. The van der Waals surface area contributed by atoms with E-state index in [4.69, 9.17) is 10.5 Å². The highest BCUT2D eigenvalue weighted by Crippen LogP contribution is 2.19. The second kappa shape index (κ2) is 5.12. The lowest BCUT2D eigenvalue weighted by atomic mass is 9.97. The lowest BCUT2D eigenvalue weighted by Crippen LogP contribution is -2.05. The molecular weight excluding hydrogens is 200 g/mol. The SMILES string of the molecule is CC(CCN)c1ccc(C2=NCCO2)cc1. The predicted octanol–water partition coefficient (Wildman–Crippen LogP) is 1.92. The molecule has 0 radical (unpaired) electrons. The number of nitrogens with zero attached hydrogens (tertiary/aromatic N) is 1. The van der Waals surface area contributed by atoms with Crippen molar-refractivity contribution in [3.05, 3.63) is 35.4 Å². The summed E-state index contributed by atoms with van der Waals surface area (Å²) in [6, 6.07) is 8.43. The predicted molar refractivity (Wildman–Crippen MR) is 65.9 cm³/mol. The fourth-order valence-electron chi connectivity index (χ4n) is 1.88. The molecule has 1 aromatic carbocycles. The molecule has 1 unspecified atom stereocenters. The zero-order chi connectivity index (χ0) is 11.4. The molecule has 0 bridgehead atoms. The summed E-state index contributed by atoms with van der Waals surface area (Å²) in [5, 5.41) is 0. The van der Waals surface area contributed by atoms with Crippen molar-refractivity contribution >= 4 is 5.90 Å². The van der Waals surface area contributed by atoms with Gasteiger partial charge in [-0.2, -0.15) is 0 Å². The molecule has 16 heavy (non-hydrogen) atoms. The molecule has 0 aliphatic carbocycles. The molecule has 0 amide bonds. The molecule has 1 aliphatic rings. The molecule has 0 saturated carbocycles. The van der Waals surface area contributed by atoms with Crippen molar-refractivity contribution in [2.24, 2.45) is 10.7 Å². The average Bonchev–Trinajstić information content (AvgIpc) is 2.83. The largest absolute Gasteiger partial charge is 0.476 e. The highest BCUT2D eigenvalue weighted by Gasteiger charge is 2.10. The smallest absolute Gasteiger partial charge is 0.216 e. The lowest BCUT2D eigenvalue weighted by Gasteiger charge is -2.11. The Kier molecular flexibility index (Phi) is 3.57. The number of ether oxygens (including phenoxy) is 1. The Morgan fingerprint density at radius 3 is 2.69 bits per heavy atom. The van der Waals surface area contributed by atoms with Gasteiger partial charge >= 0.3 is 0 Å². The molecule has 2 N–H and O–H groups in total. The van der Waals surface area contributed by atoms with Gasteiger partial charge in [-0.3, -0.25) is 0 Å². The molecule has 0 spiro atoms. The minimum atomic E-state index is 0.519. The Morgan fingerprint density at radius 2 is 2.12 bits per heavy atom. The van der Waals surface area contributed by atoms with Crippen molar-refractivity contribution in [1.29, 1.82) is 0 Å². The fraction of sp³-hybridized carbons (Fsp3) is 0.462. The zero-order valence-corrected chi connectivity index (χ0v) is 9.65. The Balaban J connectivity index is 2.09. The summed E-state index contributed by atoms with van der Waals surface area (Å²) in [5.41, 5.74) is 7.95. The first-order valence-corrected chi connectivity index (χ1v) is 5.79. The third kappa shape index (κ3) is 2.42. The molecule has 1 aliphatic heterocycles. The third-order valence-corrected chi connectivity index (χ3v) is 2.91. The van der Waals surface area contributed by atoms with Crippen LogP contribution in [-0.2, 0) is 4.74 Å². The van der Waals surface area contributed by atoms with Crippen molar-refractivity contribution in [3.8, 4) is 0 Å². The molecule has 1 aromatic rings. The highest BCUT2D eigenvalue weighted by atomic mass is 16.5. The second-order valence-corrected chi connectivity index (χ2v) is 4.14. The van der Waals surface area contributed by atoms with E-state index in [0.29, 0.717) is 12.5 Å². The minimum Gasteiger partial charge on any atom is -0.476 e. The Hall–Kier alpha value is -1.35. The maximum Gasteiger partial charge on any atom is 0.216 e. The topological polar surface area (TPSA) is 47.6 Å². The van der Waals surface area contributed by atoms with E-state index >= 15 is 0 Å². The maximum atomic E-state index is 5.56. The van der Waals surface area contributed by atoms with E-state index in [0.717, 1.165) is 31.0 Å². The van der Waals surface area contributed by atoms with Crippen LogP contribution < -0.4 is 5.73 Å². The zero-order valence-electron chi connectivity index (χ0n) is 9.65. The highest BCUT2D eigenvalue weighted by molar-refractivity contribution is 5.94. The van der Waals surface area contributed by atoms with E-state index in [1.165, 1.54) is 5.56 Å². The summed E-state index contributed by atoms with van der Waals surface area (Å²) in [5.74, 6) is 1.29. The van der Waals surface area contributed by atoms with Crippen LogP contribution in [-0.4, -0.2) is 25.6 Å². The van der Waals surface area contributed by atoms with Crippen molar-refractivity contribution in [2.45, 2.75) is 19.3 Å². The molecule has 1 heterocycles. The van der Waals surface area contributed by atoms with Crippen LogP contribution >= 0.6 is 0 Å². The van der Waals surface area contributed by atoms with Crippen LogP contribution in [0.3, 0.4) is 0 Å². The third-order valence-electron chi connectivity index (χ3n) is 2.91. The number of rotatable bonds is 4. The van der Waals surface area contributed by atoms with Crippen LogP contribution in [0.15, 0.2) is 29.3 Å². The van der Waals surface area contributed by atoms with E-state index in [2.05, 4.69) is 36.2 Å². The van der Waals surface area contributed by atoms with Crippen molar-refractivity contribution < 1.29 is 4.74 Å². The first kappa shape index (κ1) is 11.1. The van der Waals surface area contributed by atoms with Crippen molar-refractivity contribution in [1.82, 2.24) is 0 Å². The lowest BCUT2D eigenvalue weighted by molar-refractivity contribution is 0.348. The van der Waals surface area contributed by atoms with E-state index in [9.17, 15) is 0 Å². The van der Waals surface area contributed by atoms with Crippen LogP contribution in [0.4, 0.5) is 0 Å². The van der Waals surface area contributed by atoms with E-state index in [1.807, 2.05) is 0 Å². The van der Waals surface area contributed by atoms with Gasteiger partial charge in [-0.1, -0.05) is 19.1 Å². The van der Waals surface area contributed by atoms with Crippen LogP contribution in [0.1, 0.15) is 30.4 Å². The molecule has 2 rings (SSSR count). The van der Waals surface area contributed by atoms with Crippen molar-refractivity contribution in [3.63, 3.8) is 0 Å². The van der Waals surface area contributed by atoms with Gasteiger partial charge in [-0.25, -0.2) is 4.99 Å². The Bertz CT molecular complexity index is 370. The summed E-state index contributed by atoms with van der Waals surface area (Å²) in [7, 11) is 0. The first-order chi connectivity index (χ1) is 7.81. The van der Waals surface area contributed by atoms with E-state index in [-0.39, 0.29) is 0 Å². The monoisotopic (exact) mass is 218 g/mol. The van der Waals surface area contributed by atoms with Gasteiger partial charge in [0.05, 0.1) is 6.54 Å².